The Kier molecular flexibility index (Phi) is 58.0. The zero-order valence-corrected chi connectivity index (χ0v) is 57.4. The molecule has 2 unspecified atom stereocenters. The average molecular weight is 1270 g/mol. The Balaban J connectivity index is 5.17. The smallest absolute Gasteiger partial charge is 0.462 e. The topological polar surface area (TPSA) is 237 Å². The summed E-state index contributed by atoms with van der Waals surface area (Å²) >= 11 is 0. The second-order valence-corrected chi connectivity index (χ2v) is 28.1. The lowest BCUT2D eigenvalue weighted by Crippen LogP contribution is -2.30. The molecule has 0 aromatic carbocycles. The molecule has 0 bridgehead atoms. The van der Waals surface area contributed by atoms with Gasteiger partial charge in [0.25, 0.3) is 0 Å². The van der Waals surface area contributed by atoms with Gasteiger partial charge in [-0.25, -0.2) is 9.13 Å². The quantitative estimate of drug-likeness (QED) is 0.0222. The second-order valence-electron chi connectivity index (χ2n) is 25.2. The summed E-state index contributed by atoms with van der Waals surface area (Å²) in [5.74, 6) is -0.574. The predicted molar refractivity (Wildman–Crippen MR) is 345 cm³/mol. The van der Waals surface area contributed by atoms with Crippen LogP contribution in [-0.2, 0) is 65.4 Å². The number of phosphoric acid groups is 2. The lowest BCUT2D eigenvalue weighted by molar-refractivity contribution is -0.161. The maximum atomic E-state index is 13.0. The molecule has 17 nitrogen and oxygen atoms in total. The van der Waals surface area contributed by atoms with Gasteiger partial charge in [0.1, 0.15) is 19.3 Å². The minimum Gasteiger partial charge on any atom is -0.462 e. The summed E-state index contributed by atoms with van der Waals surface area (Å²) < 4.78 is 68.0. The number of aliphatic hydroxyl groups excluding tert-OH is 1. The monoisotopic (exact) mass is 1270 g/mol. The van der Waals surface area contributed by atoms with Crippen molar-refractivity contribution in [2.24, 2.45) is 11.8 Å². The van der Waals surface area contributed by atoms with Crippen LogP contribution in [0.25, 0.3) is 0 Å². The molecule has 510 valence electrons. The number of unbranched alkanes of at least 4 members (excludes halogenated alkanes) is 36. The number of rotatable bonds is 66. The van der Waals surface area contributed by atoms with Gasteiger partial charge in [-0.2, -0.15) is 0 Å². The molecule has 0 spiro atoms. The summed E-state index contributed by atoms with van der Waals surface area (Å²) in [5.41, 5.74) is 0. The second kappa shape index (κ2) is 59.4. The lowest BCUT2D eigenvalue weighted by Gasteiger charge is -2.21. The van der Waals surface area contributed by atoms with Gasteiger partial charge in [-0.15, -0.1) is 0 Å². The first kappa shape index (κ1) is 84.1. The van der Waals surface area contributed by atoms with Gasteiger partial charge in [-0.1, -0.05) is 286 Å². The number of ether oxygens (including phenoxy) is 4. The number of phosphoric ester groups is 2. The summed E-state index contributed by atoms with van der Waals surface area (Å²) in [7, 11) is -9.88. The summed E-state index contributed by atoms with van der Waals surface area (Å²) in [5, 5.41) is 10.5. The van der Waals surface area contributed by atoms with E-state index in [0.717, 1.165) is 121 Å². The Morgan fingerprint density at radius 1 is 0.314 bits per heavy atom. The summed E-state index contributed by atoms with van der Waals surface area (Å²) in [6, 6.07) is 0. The van der Waals surface area contributed by atoms with E-state index in [-0.39, 0.29) is 25.7 Å². The molecule has 0 fully saturated rings. The minimum atomic E-state index is -4.95. The third kappa shape index (κ3) is 60.9. The fourth-order valence-electron chi connectivity index (χ4n) is 10.1. The highest BCUT2D eigenvalue weighted by Crippen LogP contribution is 2.45. The van der Waals surface area contributed by atoms with E-state index in [1.54, 1.807) is 0 Å². The molecule has 0 saturated heterocycles. The van der Waals surface area contributed by atoms with Crippen LogP contribution in [0.15, 0.2) is 0 Å². The molecule has 19 heteroatoms. The maximum Gasteiger partial charge on any atom is 0.472 e. The van der Waals surface area contributed by atoms with E-state index in [2.05, 4.69) is 41.5 Å². The van der Waals surface area contributed by atoms with Crippen molar-refractivity contribution >= 4 is 39.5 Å². The normalized spacial score (nSPS) is 14.2. The van der Waals surface area contributed by atoms with Crippen molar-refractivity contribution in [2.45, 2.75) is 355 Å². The number of aliphatic hydroxyl groups is 1. The molecule has 0 aromatic rings. The van der Waals surface area contributed by atoms with Gasteiger partial charge in [0, 0.05) is 25.7 Å². The van der Waals surface area contributed by atoms with Gasteiger partial charge in [0.15, 0.2) is 12.2 Å². The van der Waals surface area contributed by atoms with Gasteiger partial charge in [-0.3, -0.25) is 37.3 Å². The molecular weight excluding hydrogens is 1140 g/mol. The van der Waals surface area contributed by atoms with Crippen LogP contribution in [0, 0.1) is 11.8 Å². The van der Waals surface area contributed by atoms with E-state index in [9.17, 15) is 43.2 Å². The number of hydrogen-bond donors (Lipinski definition) is 3. The first-order valence-electron chi connectivity index (χ1n) is 35.0. The molecule has 3 N–H and O–H groups in total. The fourth-order valence-corrected chi connectivity index (χ4v) is 11.6. The van der Waals surface area contributed by atoms with Crippen molar-refractivity contribution < 1.29 is 80.2 Å². The molecule has 0 saturated carbocycles. The van der Waals surface area contributed by atoms with E-state index in [0.29, 0.717) is 25.7 Å². The van der Waals surface area contributed by atoms with Crippen molar-refractivity contribution in [2.75, 3.05) is 39.6 Å². The number of carbonyl (C=O) groups is 4. The van der Waals surface area contributed by atoms with E-state index < -0.39 is 97.5 Å². The SMILES string of the molecule is CCCCCCCCCCC(=O)O[C@H](COC(=O)CCCCCCCCC)COP(=O)(O)OC[C@H](O)COP(=O)(O)OC[C@@H](COC(=O)CCCCCCCCCCCCC(C)C)OC(=O)CCCCCCCCCCCCCCCCCC(C)C. The van der Waals surface area contributed by atoms with Crippen LogP contribution in [0.1, 0.15) is 337 Å². The van der Waals surface area contributed by atoms with E-state index >= 15 is 0 Å². The molecule has 0 aromatic heterocycles. The van der Waals surface area contributed by atoms with Gasteiger partial charge < -0.3 is 33.8 Å². The molecule has 0 heterocycles. The molecule has 0 aliphatic heterocycles. The van der Waals surface area contributed by atoms with Crippen LogP contribution in [0.5, 0.6) is 0 Å². The molecule has 0 amide bonds. The molecule has 0 aliphatic carbocycles. The Morgan fingerprint density at radius 3 is 0.791 bits per heavy atom. The Bertz CT molecular complexity index is 1680. The largest absolute Gasteiger partial charge is 0.472 e. The van der Waals surface area contributed by atoms with Crippen molar-refractivity contribution in [3.05, 3.63) is 0 Å². The first-order valence-corrected chi connectivity index (χ1v) is 38.0. The maximum absolute atomic E-state index is 13.0. The molecule has 0 radical (unpaired) electrons. The molecule has 0 aliphatic rings. The van der Waals surface area contributed by atoms with Crippen LogP contribution >= 0.6 is 15.6 Å². The zero-order chi connectivity index (χ0) is 63.6. The van der Waals surface area contributed by atoms with Crippen LogP contribution in [-0.4, -0.2) is 96.7 Å². The van der Waals surface area contributed by atoms with Crippen molar-refractivity contribution in [3.63, 3.8) is 0 Å². The summed E-state index contributed by atoms with van der Waals surface area (Å²) in [6.45, 7) is 9.47. The summed E-state index contributed by atoms with van der Waals surface area (Å²) in [6.07, 6.45) is 43.3. The minimum absolute atomic E-state index is 0.104. The Labute approximate surface area is 524 Å². The third-order valence-electron chi connectivity index (χ3n) is 15.5. The molecule has 5 atom stereocenters. The van der Waals surface area contributed by atoms with Crippen molar-refractivity contribution in [1.29, 1.82) is 0 Å². The standard InChI is InChI=1S/C67H130O17P2/c1-7-9-11-13-15-32-39-45-51-66(71)83-62(55-77-64(69)49-43-37-29-14-12-10-8-2)57-81-85(73,74)79-53-61(68)54-80-86(75,76)82-58-63(56-78-65(70)50-44-38-33-27-24-23-26-31-36-42-48-60(5)6)84-67(72)52-46-40-34-28-22-20-18-16-17-19-21-25-30-35-41-47-59(3)4/h59-63,68H,7-58H2,1-6H3,(H,73,74)(H,75,76)/t61-,62+,63+/m0/s1. The highest BCUT2D eigenvalue weighted by Gasteiger charge is 2.30. The first-order chi connectivity index (χ1) is 41.4. The number of esters is 4. The fraction of sp³-hybridized carbons (Fsp3) is 0.940. The lowest BCUT2D eigenvalue weighted by atomic mass is 10.0. The summed E-state index contributed by atoms with van der Waals surface area (Å²) in [4.78, 5) is 72.2. The zero-order valence-electron chi connectivity index (χ0n) is 55.6. The van der Waals surface area contributed by atoms with E-state index in [1.165, 1.54) is 135 Å². The van der Waals surface area contributed by atoms with Crippen molar-refractivity contribution in [1.82, 2.24) is 0 Å². The highest BCUT2D eigenvalue weighted by molar-refractivity contribution is 7.47. The van der Waals surface area contributed by atoms with Gasteiger partial charge >= 0.3 is 39.5 Å². The van der Waals surface area contributed by atoms with Gasteiger partial charge in [-0.05, 0) is 37.5 Å². The molecule has 0 rings (SSSR count). The Hall–Kier alpha value is -1.94. The van der Waals surface area contributed by atoms with Crippen LogP contribution < -0.4 is 0 Å². The number of hydrogen-bond acceptors (Lipinski definition) is 15. The van der Waals surface area contributed by atoms with Gasteiger partial charge in [0.05, 0.1) is 26.4 Å². The van der Waals surface area contributed by atoms with Crippen LogP contribution in [0.2, 0.25) is 0 Å². The van der Waals surface area contributed by atoms with Crippen LogP contribution in [0.3, 0.4) is 0 Å². The van der Waals surface area contributed by atoms with E-state index in [1.807, 2.05) is 0 Å². The molecule has 86 heavy (non-hydrogen) atoms. The molecular formula is C67H130O17P2. The number of carbonyl (C=O) groups excluding carboxylic acids is 4. The third-order valence-corrected chi connectivity index (χ3v) is 17.4. The predicted octanol–water partition coefficient (Wildman–Crippen LogP) is 18.8. The highest BCUT2D eigenvalue weighted by atomic mass is 31.2. The van der Waals surface area contributed by atoms with Crippen molar-refractivity contribution in [3.8, 4) is 0 Å². The Morgan fingerprint density at radius 2 is 0.535 bits per heavy atom. The van der Waals surface area contributed by atoms with Crippen LogP contribution in [0.4, 0.5) is 0 Å². The van der Waals surface area contributed by atoms with E-state index in [4.69, 9.17) is 37.0 Å². The average Bonchev–Trinajstić information content (AvgIpc) is 3.51. The van der Waals surface area contributed by atoms with Gasteiger partial charge in [0.2, 0.25) is 0 Å².